The highest BCUT2D eigenvalue weighted by Gasteiger charge is 2.18. The lowest BCUT2D eigenvalue weighted by Gasteiger charge is -2.08. The van der Waals surface area contributed by atoms with Crippen molar-refractivity contribution in [1.29, 1.82) is 0 Å². The van der Waals surface area contributed by atoms with Gasteiger partial charge in [-0.15, -0.1) is 11.3 Å². The van der Waals surface area contributed by atoms with Gasteiger partial charge in [-0.3, -0.25) is 4.79 Å². The third kappa shape index (κ3) is 4.75. The minimum absolute atomic E-state index is 0.111. The molecule has 0 saturated heterocycles. The van der Waals surface area contributed by atoms with Gasteiger partial charge in [-0.1, -0.05) is 43.3 Å². The van der Waals surface area contributed by atoms with Crippen LogP contribution < -0.4 is 5.32 Å². The van der Waals surface area contributed by atoms with Gasteiger partial charge in [0.25, 0.3) is 0 Å². The summed E-state index contributed by atoms with van der Waals surface area (Å²) in [7, 11) is 0. The Labute approximate surface area is 209 Å². The SMILES string of the molecule is CCc1ccc(-c2csc(NC(=O)Cc3c(-c4ccc(C)c(C)c4)nc4cc(C)ccn34)n2)cc1. The lowest BCUT2D eigenvalue weighted by atomic mass is 10.0. The van der Waals surface area contributed by atoms with Crippen LogP contribution in [0.4, 0.5) is 5.13 Å². The van der Waals surface area contributed by atoms with E-state index in [0.717, 1.165) is 45.8 Å². The monoisotopic (exact) mass is 480 g/mol. The minimum Gasteiger partial charge on any atom is -0.303 e. The highest BCUT2D eigenvalue weighted by Crippen LogP contribution is 2.29. The van der Waals surface area contributed by atoms with Gasteiger partial charge in [0, 0.05) is 22.7 Å². The molecular weight excluding hydrogens is 452 g/mol. The van der Waals surface area contributed by atoms with Crippen LogP contribution in [-0.4, -0.2) is 20.3 Å². The summed E-state index contributed by atoms with van der Waals surface area (Å²) in [6.45, 7) is 8.39. The fraction of sp³-hybridized carbons (Fsp3) is 0.207. The van der Waals surface area contributed by atoms with Crippen LogP contribution in [-0.2, 0) is 17.6 Å². The number of fused-ring (bicyclic) bond motifs is 1. The number of aryl methyl sites for hydroxylation is 4. The average Bonchev–Trinajstić information content (AvgIpc) is 3.45. The van der Waals surface area contributed by atoms with Crippen LogP contribution >= 0.6 is 11.3 Å². The van der Waals surface area contributed by atoms with Crippen LogP contribution in [0.1, 0.15) is 34.9 Å². The van der Waals surface area contributed by atoms with E-state index in [2.05, 4.69) is 73.5 Å². The van der Waals surface area contributed by atoms with E-state index >= 15 is 0 Å². The molecule has 0 aliphatic heterocycles. The molecule has 176 valence electrons. The van der Waals surface area contributed by atoms with Crippen LogP contribution in [0.25, 0.3) is 28.2 Å². The second kappa shape index (κ2) is 9.47. The van der Waals surface area contributed by atoms with Gasteiger partial charge >= 0.3 is 0 Å². The van der Waals surface area contributed by atoms with Crippen molar-refractivity contribution < 1.29 is 4.79 Å². The number of benzene rings is 2. The molecule has 0 saturated carbocycles. The molecule has 3 aromatic heterocycles. The summed E-state index contributed by atoms with van der Waals surface area (Å²) in [5.74, 6) is -0.111. The molecule has 6 heteroatoms. The Morgan fingerprint density at radius 2 is 1.71 bits per heavy atom. The molecule has 5 rings (SSSR count). The Morgan fingerprint density at radius 1 is 0.943 bits per heavy atom. The van der Waals surface area contributed by atoms with Gasteiger partial charge in [0.1, 0.15) is 5.65 Å². The van der Waals surface area contributed by atoms with Crippen LogP contribution in [0.2, 0.25) is 0 Å². The molecule has 0 atom stereocenters. The number of carbonyl (C=O) groups excluding carboxylic acids is 1. The average molecular weight is 481 g/mol. The molecule has 5 nitrogen and oxygen atoms in total. The van der Waals surface area contributed by atoms with Crippen LogP contribution in [0.15, 0.2) is 66.2 Å². The summed E-state index contributed by atoms with van der Waals surface area (Å²) in [5, 5.41) is 5.57. The predicted octanol–water partition coefficient (Wildman–Crippen LogP) is 6.79. The van der Waals surface area contributed by atoms with Crippen molar-refractivity contribution in [2.75, 3.05) is 5.32 Å². The van der Waals surface area contributed by atoms with Crippen molar-refractivity contribution in [3.8, 4) is 22.5 Å². The molecule has 2 aromatic carbocycles. The molecular formula is C29H28N4OS. The number of nitrogens with zero attached hydrogens (tertiary/aromatic N) is 3. The summed E-state index contributed by atoms with van der Waals surface area (Å²) in [6.07, 6.45) is 3.20. The first kappa shape index (κ1) is 23.0. The number of amides is 1. The lowest BCUT2D eigenvalue weighted by Crippen LogP contribution is -2.16. The van der Waals surface area contributed by atoms with Gasteiger partial charge in [-0.25, -0.2) is 9.97 Å². The second-order valence-electron chi connectivity index (χ2n) is 8.95. The largest absolute Gasteiger partial charge is 0.303 e. The molecule has 0 aliphatic carbocycles. The topological polar surface area (TPSA) is 59.3 Å². The fourth-order valence-corrected chi connectivity index (χ4v) is 4.91. The molecule has 35 heavy (non-hydrogen) atoms. The van der Waals surface area contributed by atoms with Crippen molar-refractivity contribution >= 4 is 28.0 Å². The third-order valence-electron chi connectivity index (χ3n) is 6.40. The number of thiazole rings is 1. The maximum Gasteiger partial charge on any atom is 0.232 e. The predicted molar refractivity (Wildman–Crippen MR) is 144 cm³/mol. The van der Waals surface area contributed by atoms with E-state index in [9.17, 15) is 4.79 Å². The molecule has 0 unspecified atom stereocenters. The smallest absolute Gasteiger partial charge is 0.232 e. The summed E-state index contributed by atoms with van der Waals surface area (Å²) < 4.78 is 2.01. The van der Waals surface area contributed by atoms with E-state index in [4.69, 9.17) is 4.98 Å². The molecule has 1 amide bonds. The molecule has 0 radical (unpaired) electrons. The first-order chi connectivity index (χ1) is 16.9. The Balaban J connectivity index is 1.42. The lowest BCUT2D eigenvalue weighted by molar-refractivity contribution is -0.115. The molecule has 0 spiro atoms. The number of hydrogen-bond acceptors (Lipinski definition) is 4. The maximum absolute atomic E-state index is 13.1. The van der Waals surface area contributed by atoms with Crippen molar-refractivity contribution in [2.45, 2.75) is 40.5 Å². The zero-order chi connectivity index (χ0) is 24.5. The Kier molecular flexibility index (Phi) is 6.22. The van der Waals surface area contributed by atoms with E-state index in [0.29, 0.717) is 5.13 Å². The first-order valence-corrected chi connectivity index (χ1v) is 12.7. The fourth-order valence-electron chi connectivity index (χ4n) is 4.18. The van der Waals surface area contributed by atoms with Gasteiger partial charge < -0.3 is 9.72 Å². The number of imidazole rings is 1. The zero-order valence-corrected chi connectivity index (χ0v) is 21.2. The number of carbonyl (C=O) groups is 1. The van der Waals surface area contributed by atoms with E-state index in [1.165, 1.54) is 28.0 Å². The van der Waals surface area contributed by atoms with Crippen LogP contribution in [0.5, 0.6) is 0 Å². The summed E-state index contributed by atoms with van der Waals surface area (Å²) in [6, 6.07) is 18.8. The molecule has 5 aromatic rings. The van der Waals surface area contributed by atoms with E-state index in [-0.39, 0.29) is 12.3 Å². The highest BCUT2D eigenvalue weighted by molar-refractivity contribution is 7.14. The minimum atomic E-state index is -0.111. The summed E-state index contributed by atoms with van der Waals surface area (Å²) in [5.41, 5.74) is 10.3. The summed E-state index contributed by atoms with van der Waals surface area (Å²) in [4.78, 5) is 22.7. The van der Waals surface area contributed by atoms with Gasteiger partial charge in [0.15, 0.2) is 5.13 Å². The molecule has 1 N–H and O–H groups in total. The van der Waals surface area contributed by atoms with Crippen LogP contribution in [0.3, 0.4) is 0 Å². The number of pyridine rings is 1. The Morgan fingerprint density at radius 3 is 2.46 bits per heavy atom. The molecule has 0 bridgehead atoms. The van der Waals surface area contributed by atoms with Gasteiger partial charge in [-0.05, 0) is 67.6 Å². The summed E-state index contributed by atoms with van der Waals surface area (Å²) >= 11 is 1.44. The van der Waals surface area contributed by atoms with Crippen molar-refractivity contribution in [1.82, 2.24) is 14.4 Å². The highest BCUT2D eigenvalue weighted by atomic mass is 32.1. The maximum atomic E-state index is 13.1. The third-order valence-corrected chi connectivity index (χ3v) is 7.16. The van der Waals surface area contributed by atoms with Crippen LogP contribution in [0, 0.1) is 20.8 Å². The van der Waals surface area contributed by atoms with Gasteiger partial charge in [0.2, 0.25) is 5.91 Å². The normalized spacial score (nSPS) is 11.2. The second-order valence-corrected chi connectivity index (χ2v) is 9.81. The molecule has 0 aliphatic rings. The quantitative estimate of drug-likeness (QED) is 0.291. The number of nitrogens with one attached hydrogen (secondary N) is 1. The molecule has 3 heterocycles. The number of aromatic nitrogens is 3. The zero-order valence-electron chi connectivity index (χ0n) is 20.4. The number of hydrogen-bond donors (Lipinski definition) is 1. The Hall–Kier alpha value is -3.77. The standard InChI is InChI=1S/C29H28N4OS/c1-5-21-7-10-22(11-8-21)24-17-35-29(30-24)32-27(34)16-25-28(23-9-6-19(3)20(4)15-23)31-26-14-18(2)12-13-33(25)26/h6-15,17H,5,16H2,1-4H3,(H,30,32,34). The van der Waals surface area contributed by atoms with Crippen molar-refractivity contribution in [3.05, 3.63) is 94.1 Å². The van der Waals surface area contributed by atoms with Crippen molar-refractivity contribution in [2.24, 2.45) is 0 Å². The molecule has 0 fully saturated rings. The van der Waals surface area contributed by atoms with E-state index in [1.807, 2.05) is 35.0 Å². The Bertz CT molecular complexity index is 1530. The van der Waals surface area contributed by atoms with E-state index < -0.39 is 0 Å². The van der Waals surface area contributed by atoms with Gasteiger partial charge in [0.05, 0.1) is 23.5 Å². The number of rotatable bonds is 6. The van der Waals surface area contributed by atoms with E-state index in [1.54, 1.807) is 0 Å². The van der Waals surface area contributed by atoms with Gasteiger partial charge in [-0.2, -0.15) is 0 Å². The number of anilines is 1. The first-order valence-electron chi connectivity index (χ1n) is 11.8. The van der Waals surface area contributed by atoms with Crippen molar-refractivity contribution in [3.63, 3.8) is 0 Å².